The number of carbonyl (C=O) groups excluding carboxylic acids is 1. The van der Waals surface area contributed by atoms with E-state index in [1.165, 1.54) is 15.4 Å². The van der Waals surface area contributed by atoms with E-state index in [1.54, 1.807) is 19.1 Å². The van der Waals surface area contributed by atoms with E-state index >= 15 is 0 Å². The van der Waals surface area contributed by atoms with Crippen LogP contribution in [0.25, 0.3) is 11.3 Å². The van der Waals surface area contributed by atoms with Crippen molar-refractivity contribution in [3.05, 3.63) is 80.0 Å². The smallest absolute Gasteiger partial charge is 0.267 e. The van der Waals surface area contributed by atoms with Gasteiger partial charge in [0.15, 0.2) is 0 Å². The van der Waals surface area contributed by atoms with Crippen molar-refractivity contribution >= 4 is 5.91 Å². The van der Waals surface area contributed by atoms with Gasteiger partial charge in [-0.05, 0) is 51.2 Å². The summed E-state index contributed by atoms with van der Waals surface area (Å²) in [4.78, 5) is 37.3. The highest BCUT2D eigenvalue weighted by Crippen LogP contribution is 2.17. The molecule has 0 bridgehead atoms. The standard InChI is InChI=1S/C24H27N5O3/c1-16-7-9-18(10-8-16)21-11-12-22(30)29(27-21)17(2)24(32)25-13-14-28-23(31)15-19-5-3-4-6-20(19)26-28/h7-12,15,17H,3-6,13-14H2,1-2H3,(H,25,32)/t17-/m0/s1. The first-order valence-corrected chi connectivity index (χ1v) is 11.0. The summed E-state index contributed by atoms with van der Waals surface area (Å²) in [5.74, 6) is -0.341. The fraction of sp³-hybridized carbons (Fsp3) is 0.375. The normalized spacial score (nSPS) is 13.9. The molecule has 1 atom stereocenters. The predicted octanol–water partition coefficient (Wildman–Crippen LogP) is 2.03. The summed E-state index contributed by atoms with van der Waals surface area (Å²) in [6.07, 6.45) is 3.95. The fourth-order valence-corrected chi connectivity index (χ4v) is 3.89. The zero-order chi connectivity index (χ0) is 22.7. The van der Waals surface area contributed by atoms with Crippen molar-refractivity contribution in [2.24, 2.45) is 0 Å². The Balaban J connectivity index is 1.43. The van der Waals surface area contributed by atoms with Crippen molar-refractivity contribution in [3.8, 4) is 11.3 Å². The largest absolute Gasteiger partial charge is 0.352 e. The SMILES string of the molecule is Cc1ccc(-c2ccc(=O)n([C@@H](C)C(=O)NCCn3nc4c(cc3=O)CCCC4)n2)cc1. The highest BCUT2D eigenvalue weighted by Gasteiger charge is 2.18. The second kappa shape index (κ2) is 9.30. The van der Waals surface area contributed by atoms with Gasteiger partial charge < -0.3 is 5.32 Å². The first-order chi connectivity index (χ1) is 15.4. The van der Waals surface area contributed by atoms with Gasteiger partial charge in [-0.25, -0.2) is 9.36 Å². The number of nitrogens with one attached hydrogen (secondary N) is 1. The van der Waals surface area contributed by atoms with Crippen LogP contribution in [0, 0.1) is 6.92 Å². The van der Waals surface area contributed by atoms with Gasteiger partial charge in [0.05, 0.1) is 17.9 Å². The Morgan fingerprint density at radius 2 is 1.78 bits per heavy atom. The lowest BCUT2D eigenvalue weighted by Crippen LogP contribution is -2.39. The zero-order valence-electron chi connectivity index (χ0n) is 18.4. The van der Waals surface area contributed by atoms with Crippen molar-refractivity contribution < 1.29 is 4.79 Å². The van der Waals surface area contributed by atoms with E-state index in [2.05, 4.69) is 15.5 Å². The molecule has 1 aliphatic rings. The van der Waals surface area contributed by atoms with Gasteiger partial charge in [0.25, 0.3) is 11.1 Å². The maximum Gasteiger partial charge on any atom is 0.267 e. The molecular formula is C24H27N5O3. The Morgan fingerprint density at radius 1 is 1.03 bits per heavy atom. The molecule has 2 heterocycles. The summed E-state index contributed by atoms with van der Waals surface area (Å²) in [7, 11) is 0. The summed E-state index contributed by atoms with van der Waals surface area (Å²) in [5.41, 5.74) is 4.12. The molecule has 0 spiro atoms. The molecule has 0 radical (unpaired) electrons. The Hall–Kier alpha value is -3.55. The second-order valence-electron chi connectivity index (χ2n) is 8.22. The third kappa shape index (κ3) is 4.69. The Morgan fingerprint density at radius 3 is 2.56 bits per heavy atom. The van der Waals surface area contributed by atoms with Gasteiger partial charge in [-0.15, -0.1) is 0 Å². The van der Waals surface area contributed by atoms with Crippen LogP contribution in [0.4, 0.5) is 0 Å². The highest BCUT2D eigenvalue weighted by atomic mass is 16.2. The molecular weight excluding hydrogens is 406 g/mol. The molecule has 166 valence electrons. The van der Waals surface area contributed by atoms with Crippen molar-refractivity contribution in [1.82, 2.24) is 24.9 Å². The molecule has 1 N–H and O–H groups in total. The van der Waals surface area contributed by atoms with Gasteiger partial charge in [0.1, 0.15) is 6.04 Å². The van der Waals surface area contributed by atoms with Gasteiger partial charge in [0.2, 0.25) is 5.91 Å². The molecule has 3 aromatic rings. The summed E-state index contributed by atoms with van der Waals surface area (Å²) < 4.78 is 2.59. The number of benzene rings is 1. The zero-order valence-corrected chi connectivity index (χ0v) is 18.4. The van der Waals surface area contributed by atoms with Crippen LogP contribution < -0.4 is 16.4 Å². The number of amides is 1. The number of hydrogen-bond acceptors (Lipinski definition) is 5. The van der Waals surface area contributed by atoms with Gasteiger partial charge in [-0.1, -0.05) is 29.8 Å². The highest BCUT2D eigenvalue weighted by molar-refractivity contribution is 5.79. The topological polar surface area (TPSA) is 98.9 Å². The molecule has 0 saturated carbocycles. The van der Waals surface area contributed by atoms with Gasteiger partial charge in [-0.3, -0.25) is 14.4 Å². The number of aryl methyl sites for hydroxylation is 3. The molecule has 1 aromatic carbocycles. The molecule has 32 heavy (non-hydrogen) atoms. The average Bonchev–Trinajstić information content (AvgIpc) is 2.80. The predicted molar refractivity (Wildman–Crippen MR) is 122 cm³/mol. The molecule has 0 aliphatic heterocycles. The van der Waals surface area contributed by atoms with Crippen LogP contribution >= 0.6 is 0 Å². The summed E-state index contributed by atoms with van der Waals surface area (Å²) in [5, 5.41) is 11.7. The number of fused-ring (bicyclic) bond motifs is 1. The van der Waals surface area contributed by atoms with Gasteiger partial charge >= 0.3 is 0 Å². The summed E-state index contributed by atoms with van der Waals surface area (Å²) in [6, 6.07) is 11.7. The average molecular weight is 434 g/mol. The third-order valence-corrected chi connectivity index (χ3v) is 5.82. The minimum absolute atomic E-state index is 0.156. The van der Waals surface area contributed by atoms with Crippen LogP contribution in [-0.4, -0.2) is 32.0 Å². The minimum atomic E-state index is -0.791. The Kier molecular flexibility index (Phi) is 6.30. The number of rotatable bonds is 6. The van der Waals surface area contributed by atoms with Crippen molar-refractivity contribution in [3.63, 3.8) is 0 Å². The third-order valence-electron chi connectivity index (χ3n) is 5.82. The molecule has 1 aliphatic carbocycles. The molecule has 0 saturated heterocycles. The molecule has 8 nitrogen and oxygen atoms in total. The van der Waals surface area contributed by atoms with E-state index in [0.717, 1.165) is 48.1 Å². The second-order valence-corrected chi connectivity index (χ2v) is 8.22. The summed E-state index contributed by atoms with van der Waals surface area (Å²) in [6.45, 7) is 4.14. The monoisotopic (exact) mass is 433 g/mol. The van der Waals surface area contributed by atoms with Crippen LogP contribution in [0.3, 0.4) is 0 Å². The molecule has 0 unspecified atom stereocenters. The van der Waals surface area contributed by atoms with Crippen molar-refractivity contribution in [2.75, 3.05) is 6.54 Å². The van der Waals surface area contributed by atoms with Crippen LogP contribution in [0.15, 0.2) is 52.1 Å². The van der Waals surface area contributed by atoms with E-state index < -0.39 is 6.04 Å². The molecule has 2 aromatic heterocycles. The first kappa shape index (κ1) is 21.7. The van der Waals surface area contributed by atoms with Gasteiger partial charge in [0, 0.05) is 24.2 Å². The lowest BCUT2D eigenvalue weighted by atomic mass is 9.97. The quantitative estimate of drug-likeness (QED) is 0.641. The van der Waals surface area contributed by atoms with Crippen molar-refractivity contribution in [1.29, 1.82) is 0 Å². The molecule has 4 rings (SSSR count). The first-order valence-electron chi connectivity index (χ1n) is 11.0. The van der Waals surface area contributed by atoms with Crippen molar-refractivity contribution in [2.45, 2.75) is 52.1 Å². The Labute approximate surface area is 185 Å². The fourth-order valence-electron chi connectivity index (χ4n) is 3.89. The van der Waals surface area contributed by atoms with E-state index in [0.29, 0.717) is 5.69 Å². The number of nitrogens with zero attached hydrogens (tertiary/aromatic N) is 4. The number of carbonyl (C=O) groups is 1. The van der Waals surface area contributed by atoms with Crippen LogP contribution in [-0.2, 0) is 24.2 Å². The van der Waals surface area contributed by atoms with E-state index in [1.807, 2.05) is 31.2 Å². The maximum atomic E-state index is 12.7. The summed E-state index contributed by atoms with van der Waals surface area (Å²) >= 11 is 0. The molecule has 1 amide bonds. The lowest BCUT2D eigenvalue weighted by Gasteiger charge is -2.17. The minimum Gasteiger partial charge on any atom is -0.352 e. The molecule has 8 heteroatoms. The Bertz CT molecular complexity index is 1240. The number of aromatic nitrogens is 4. The van der Waals surface area contributed by atoms with E-state index in [4.69, 9.17) is 0 Å². The van der Waals surface area contributed by atoms with E-state index in [-0.39, 0.29) is 30.1 Å². The van der Waals surface area contributed by atoms with Crippen LogP contribution in [0.5, 0.6) is 0 Å². The molecule has 0 fully saturated rings. The number of hydrogen-bond donors (Lipinski definition) is 1. The van der Waals surface area contributed by atoms with Crippen LogP contribution in [0.1, 0.15) is 42.6 Å². The van der Waals surface area contributed by atoms with Crippen LogP contribution in [0.2, 0.25) is 0 Å². The van der Waals surface area contributed by atoms with Gasteiger partial charge in [-0.2, -0.15) is 10.2 Å². The maximum absolute atomic E-state index is 12.7. The van der Waals surface area contributed by atoms with E-state index in [9.17, 15) is 14.4 Å². The lowest BCUT2D eigenvalue weighted by molar-refractivity contribution is -0.124.